The highest BCUT2D eigenvalue weighted by Gasteiger charge is 2.29. The Kier molecular flexibility index (Phi) is 6.25. The SMILES string of the molecule is CCCC1CCN(C(c2ccccc2C)C(N)CC)CC1. The summed E-state index contributed by atoms with van der Waals surface area (Å²) in [6, 6.07) is 9.39. The number of nitrogens with two attached hydrogens (primary N) is 1. The van der Waals surface area contributed by atoms with E-state index in [1.165, 1.54) is 49.9 Å². The molecule has 0 bridgehead atoms. The van der Waals surface area contributed by atoms with E-state index in [1.807, 2.05) is 0 Å². The zero-order chi connectivity index (χ0) is 15.2. The first-order valence-electron chi connectivity index (χ1n) is 8.72. The second kappa shape index (κ2) is 7.95. The molecule has 0 aromatic heterocycles. The van der Waals surface area contributed by atoms with Gasteiger partial charge in [-0.05, 0) is 56.3 Å². The van der Waals surface area contributed by atoms with Gasteiger partial charge in [0.1, 0.15) is 0 Å². The molecule has 0 radical (unpaired) electrons. The molecule has 0 saturated carbocycles. The number of likely N-dealkylation sites (tertiary alicyclic amines) is 1. The lowest BCUT2D eigenvalue weighted by Gasteiger charge is -2.41. The summed E-state index contributed by atoms with van der Waals surface area (Å²) in [4.78, 5) is 2.64. The van der Waals surface area contributed by atoms with Gasteiger partial charge in [0, 0.05) is 6.04 Å². The lowest BCUT2D eigenvalue weighted by molar-refractivity contribution is 0.111. The number of hydrogen-bond donors (Lipinski definition) is 1. The van der Waals surface area contributed by atoms with Gasteiger partial charge in [-0.2, -0.15) is 0 Å². The van der Waals surface area contributed by atoms with E-state index in [9.17, 15) is 0 Å². The Balaban J connectivity index is 2.13. The van der Waals surface area contributed by atoms with Crippen LogP contribution in [-0.4, -0.2) is 24.0 Å². The quantitative estimate of drug-likeness (QED) is 0.846. The topological polar surface area (TPSA) is 29.3 Å². The molecule has 2 unspecified atom stereocenters. The Morgan fingerprint density at radius 3 is 2.43 bits per heavy atom. The number of hydrogen-bond acceptors (Lipinski definition) is 2. The van der Waals surface area contributed by atoms with E-state index in [0.29, 0.717) is 6.04 Å². The lowest BCUT2D eigenvalue weighted by Crippen LogP contribution is -2.45. The maximum absolute atomic E-state index is 6.50. The predicted octanol–water partition coefficient (Wildman–Crippen LogP) is 4.29. The first kappa shape index (κ1) is 16.5. The highest BCUT2D eigenvalue weighted by Crippen LogP contribution is 2.32. The van der Waals surface area contributed by atoms with Crippen LogP contribution in [0.3, 0.4) is 0 Å². The third kappa shape index (κ3) is 4.08. The Hall–Kier alpha value is -0.860. The standard InChI is InChI=1S/C19H32N2/c1-4-8-16-11-13-21(14-12-16)19(18(20)5-2)17-10-7-6-9-15(17)3/h6-7,9-10,16,18-19H,4-5,8,11-14,20H2,1-3H3. The van der Waals surface area contributed by atoms with E-state index in [4.69, 9.17) is 5.73 Å². The fourth-order valence-corrected chi connectivity index (χ4v) is 3.77. The van der Waals surface area contributed by atoms with Gasteiger partial charge in [-0.25, -0.2) is 0 Å². The van der Waals surface area contributed by atoms with Crippen LogP contribution in [0.25, 0.3) is 0 Å². The minimum Gasteiger partial charge on any atom is -0.326 e. The first-order valence-corrected chi connectivity index (χ1v) is 8.72. The Morgan fingerprint density at radius 2 is 1.86 bits per heavy atom. The average molecular weight is 288 g/mol. The van der Waals surface area contributed by atoms with Crippen LogP contribution in [0.5, 0.6) is 0 Å². The maximum atomic E-state index is 6.50. The molecule has 21 heavy (non-hydrogen) atoms. The van der Waals surface area contributed by atoms with E-state index < -0.39 is 0 Å². The largest absolute Gasteiger partial charge is 0.326 e. The minimum atomic E-state index is 0.230. The number of aryl methyl sites for hydroxylation is 1. The van der Waals surface area contributed by atoms with Crippen molar-refractivity contribution in [3.05, 3.63) is 35.4 Å². The number of piperidine rings is 1. The highest BCUT2D eigenvalue weighted by molar-refractivity contribution is 5.30. The van der Waals surface area contributed by atoms with Crippen molar-refractivity contribution >= 4 is 0 Å². The molecule has 2 nitrogen and oxygen atoms in total. The number of rotatable bonds is 6. The molecule has 2 N–H and O–H groups in total. The van der Waals surface area contributed by atoms with Crippen molar-refractivity contribution in [2.75, 3.05) is 13.1 Å². The second-order valence-electron chi connectivity index (χ2n) is 6.64. The van der Waals surface area contributed by atoms with Crippen LogP contribution in [0.4, 0.5) is 0 Å². The summed E-state index contributed by atoms with van der Waals surface area (Å²) in [5.74, 6) is 0.932. The van der Waals surface area contributed by atoms with Crippen LogP contribution in [0.1, 0.15) is 63.1 Å². The monoisotopic (exact) mass is 288 g/mol. The normalized spacial score (nSPS) is 20.4. The molecule has 2 rings (SSSR count). The Morgan fingerprint density at radius 1 is 1.19 bits per heavy atom. The number of nitrogens with zero attached hydrogens (tertiary/aromatic N) is 1. The molecular weight excluding hydrogens is 256 g/mol. The molecule has 1 fully saturated rings. The maximum Gasteiger partial charge on any atom is 0.0501 e. The van der Waals surface area contributed by atoms with Crippen LogP contribution >= 0.6 is 0 Å². The predicted molar refractivity (Wildman–Crippen MR) is 91.4 cm³/mol. The van der Waals surface area contributed by atoms with Gasteiger partial charge < -0.3 is 5.73 Å². The molecule has 0 amide bonds. The third-order valence-corrected chi connectivity index (χ3v) is 5.12. The summed E-state index contributed by atoms with van der Waals surface area (Å²) in [5.41, 5.74) is 9.31. The van der Waals surface area contributed by atoms with Gasteiger partial charge in [-0.1, -0.05) is 51.0 Å². The van der Waals surface area contributed by atoms with Crippen molar-refractivity contribution in [3.8, 4) is 0 Å². The molecule has 1 aromatic rings. The van der Waals surface area contributed by atoms with Gasteiger partial charge in [0.2, 0.25) is 0 Å². The zero-order valence-corrected chi connectivity index (χ0v) is 14.0. The van der Waals surface area contributed by atoms with Gasteiger partial charge in [-0.15, -0.1) is 0 Å². The molecule has 1 aliphatic rings. The smallest absolute Gasteiger partial charge is 0.0501 e. The summed E-state index contributed by atoms with van der Waals surface area (Å²) in [6.45, 7) is 9.14. The molecule has 1 aliphatic heterocycles. The Bertz CT molecular complexity index is 421. The van der Waals surface area contributed by atoms with E-state index >= 15 is 0 Å². The molecule has 1 saturated heterocycles. The molecular formula is C19H32N2. The van der Waals surface area contributed by atoms with Gasteiger partial charge in [0.05, 0.1) is 6.04 Å². The van der Waals surface area contributed by atoms with E-state index in [0.717, 1.165) is 12.3 Å². The number of benzene rings is 1. The lowest BCUT2D eigenvalue weighted by atomic mass is 9.87. The molecule has 0 aliphatic carbocycles. The van der Waals surface area contributed by atoms with E-state index in [2.05, 4.69) is 49.9 Å². The second-order valence-corrected chi connectivity index (χ2v) is 6.64. The van der Waals surface area contributed by atoms with Crippen molar-refractivity contribution in [2.24, 2.45) is 11.7 Å². The summed E-state index contributed by atoms with van der Waals surface area (Å²) in [7, 11) is 0. The van der Waals surface area contributed by atoms with E-state index in [1.54, 1.807) is 0 Å². The molecule has 1 aromatic carbocycles. The van der Waals surface area contributed by atoms with Crippen LogP contribution < -0.4 is 5.73 Å². The first-order chi connectivity index (χ1) is 10.2. The van der Waals surface area contributed by atoms with Crippen LogP contribution in [-0.2, 0) is 0 Å². The van der Waals surface area contributed by atoms with Crippen molar-refractivity contribution in [2.45, 2.75) is 65.0 Å². The highest BCUT2D eigenvalue weighted by atomic mass is 15.2. The molecule has 0 spiro atoms. The summed E-state index contributed by atoms with van der Waals surface area (Å²) < 4.78 is 0. The van der Waals surface area contributed by atoms with Gasteiger partial charge in [0.25, 0.3) is 0 Å². The van der Waals surface area contributed by atoms with Crippen molar-refractivity contribution in [1.29, 1.82) is 0 Å². The van der Waals surface area contributed by atoms with Crippen LogP contribution in [0.2, 0.25) is 0 Å². The average Bonchev–Trinajstić information content (AvgIpc) is 2.51. The van der Waals surface area contributed by atoms with Crippen LogP contribution in [0.15, 0.2) is 24.3 Å². The van der Waals surface area contributed by atoms with Crippen molar-refractivity contribution in [3.63, 3.8) is 0 Å². The third-order valence-electron chi connectivity index (χ3n) is 5.12. The summed E-state index contributed by atoms with van der Waals surface area (Å²) in [5, 5.41) is 0. The fourth-order valence-electron chi connectivity index (χ4n) is 3.77. The summed E-state index contributed by atoms with van der Waals surface area (Å²) in [6.07, 6.45) is 6.43. The van der Waals surface area contributed by atoms with E-state index in [-0.39, 0.29) is 6.04 Å². The summed E-state index contributed by atoms with van der Waals surface area (Å²) >= 11 is 0. The molecule has 118 valence electrons. The van der Waals surface area contributed by atoms with Crippen molar-refractivity contribution in [1.82, 2.24) is 4.90 Å². The fraction of sp³-hybridized carbons (Fsp3) is 0.684. The molecule has 2 atom stereocenters. The van der Waals surface area contributed by atoms with Crippen LogP contribution in [0, 0.1) is 12.8 Å². The zero-order valence-electron chi connectivity index (χ0n) is 14.0. The Labute approximate surface area is 130 Å². The molecule has 2 heteroatoms. The van der Waals surface area contributed by atoms with Crippen molar-refractivity contribution < 1.29 is 0 Å². The van der Waals surface area contributed by atoms with Gasteiger partial charge >= 0.3 is 0 Å². The minimum absolute atomic E-state index is 0.230. The van der Waals surface area contributed by atoms with Gasteiger partial charge in [-0.3, -0.25) is 4.90 Å². The molecule has 1 heterocycles. The van der Waals surface area contributed by atoms with Gasteiger partial charge in [0.15, 0.2) is 0 Å².